The lowest BCUT2D eigenvalue weighted by molar-refractivity contribution is -0.137. The zero-order valence-electron chi connectivity index (χ0n) is 16.4. The fraction of sp³-hybridized carbons (Fsp3) is 0.318. The summed E-state index contributed by atoms with van der Waals surface area (Å²) >= 11 is 0. The van der Waals surface area contributed by atoms with Crippen LogP contribution in [0.5, 0.6) is 0 Å². The van der Waals surface area contributed by atoms with Crippen molar-refractivity contribution < 1.29 is 18.0 Å². The first-order valence-electron chi connectivity index (χ1n) is 9.81. The van der Waals surface area contributed by atoms with Gasteiger partial charge in [0.2, 0.25) is 0 Å². The molecule has 5 nitrogen and oxygen atoms in total. The van der Waals surface area contributed by atoms with Crippen molar-refractivity contribution in [2.24, 2.45) is 5.92 Å². The van der Waals surface area contributed by atoms with Crippen LogP contribution in [0.1, 0.15) is 35.8 Å². The fourth-order valence-electron chi connectivity index (χ4n) is 3.81. The van der Waals surface area contributed by atoms with Gasteiger partial charge in [-0.1, -0.05) is 19.1 Å². The van der Waals surface area contributed by atoms with Crippen LogP contribution in [-0.2, 0) is 6.18 Å². The Balaban J connectivity index is 1.85. The summed E-state index contributed by atoms with van der Waals surface area (Å²) in [5.41, 5.74) is 0.121. The van der Waals surface area contributed by atoms with Gasteiger partial charge in [-0.25, -0.2) is 4.68 Å². The minimum absolute atomic E-state index is 0.111. The number of nitrogens with zero attached hydrogens (tertiary/aromatic N) is 4. The van der Waals surface area contributed by atoms with Gasteiger partial charge in [0.15, 0.2) is 0 Å². The van der Waals surface area contributed by atoms with Crippen LogP contribution in [0.25, 0.3) is 16.9 Å². The largest absolute Gasteiger partial charge is 0.418 e. The molecule has 1 saturated heterocycles. The highest BCUT2D eigenvalue weighted by molar-refractivity contribution is 5.94. The monoisotopic (exact) mass is 414 g/mol. The Kier molecular flexibility index (Phi) is 5.32. The topological polar surface area (TPSA) is 51.0 Å². The van der Waals surface area contributed by atoms with Gasteiger partial charge in [0.25, 0.3) is 5.91 Å². The Labute approximate surface area is 172 Å². The van der Waals surface area contributed by atoms with Crippen molar-refractivity contribution in [3.8, 4) is 16.9 Å². The number of aromatic nitrogens is 3. The van der Waals surface area contributed by atoms with Gasteiger partial charge in [-0.3, -0.25) is 9.78 Å². The molecule has 1 aliphatic rings. The molecule has 1 fully saturated rings. The number of halogens is 3. The Morgan fingerprint density at radius 3 is 2.67 bits per heavy atom. The van der Waals surface area contributed by atoms with E-state index in [1.54, 1.807) is 35.5 Å². The van der Waals surface area contributed by atoms with Crippen molar-refractivity contribution >= 4 is 5.91 Å². The fourth-order valence-corrected chi connectivity index (χ4v) is 3.81. The van der Waals surface area contributed by atoms with Crippen molar-refractivity contribution in [3.05, 3.63) is 66.1 Å². The molecule has 8 heteroatoms. The van der Waals surface area contributed by atoms with E-state index in [1.807, 2.05) is 0 Å². The number of carbonyl (C=O) groups excluding carboxylic acids is 1. The van der Waals surface area contributed by atoms with E-state index in [-0.39, 0.29) is 17.3 Å². The summed E-state index contributed by atoms with van der Waals surface area (Å²) in [4.78, 5) is 19.1. The van der Waals surface area contributed by atoms with Crippen LogP contribution < -0.4 is 0 Å². The summed E-state index contributed by atoms with van der Waals surface area (Å²) in [6, 6.07) is 10.2. The Morgan fingerprint density at radius 2 is 1.97 bits per heavy atom. The van der Waals surface area contributed by atoms with Crippen LogP contribution in [0.4, 0.5) is 13.2 Å². The second-order valence-electron chi connectivity index (χ2n) is 7.58. The summed E-state index contributed by atoms with van der Waals surface area (Å²) in [7, 11) is 0. The maximum absolute atomic E-state index is 13.7. The summed E-state index contributed by atoms with van der Waals surface area (Å²) in [5.74, 6) is 0.0282. The zero-order valence-corrected chi connectivity index (χ0v) is 16.4. The highest BCUT2D eigenvalue weighted by atomic mass is 19.4. The number of hydrogen-bond donors (Lipinski definition) is 0. The van der Waals surface area contributed by atoms with Crippen LogP contribution >= 0.6 is 0 Å². The molecule has 156 valence electrons. The lowest BCUT2D eigenvalue weighted by Gasteiger charge is -2.31. The molecule has 4 rings (SSSR count). The van der Waals surface area contributed by atoms with Crippen molar-refractivity contribution in [3.63, 3.8) is 0 Å². The molecular weight excluding hydrogens is 393 g/mol. The van der Waals surface area contributed by atoms with Crippen LogP contribution in [0.2, 0.25) is 0 Å². The van der Waals surface area contributed by atoms with E-state index in [0.29, 0.717) is 30.3 Å². The predicted molar refractivity (Wildman–Crippen MR) is 106 cm³/mol. The average Bonchev–Trinajstić information content (AvgIpc) is 3.18. The molecule has 3 heterocycles. The molecular formula is C22H21F3N4O. The molecule has 0 aliphatic carbocycles. The van der Waals surface area contributed by atoms with Crippen LogP contribution in [-0.4, -0.2) is 38.7 Å². The number of alkyl halides is 3. The van der Waals surface area contributed by atoms with E-state index in [2.05, 4.69) is 17.0 Å². The Morgan fingerprint density at radius 1 is 1.17 bits per heavy atom. The SMILES string of the molecule is C[C@@H]1CCCN(C(=O)c2cc(-c3cccnc3)nn2-c2ccccc2C(F)(F)F)C1. The van der Waals surface area contributed by atoms with Gasteiger partial charge in [0.05, 0.1) is 16.9 Å². The van der Waals surface area contributed by atoms with Crippen molar-refractivity contribution in [1.82, 2.24) is 19.7 Å². The zero-order chi connectivity index (χ0) is 21.3. The first kappa shape index (κ1) is 20.1. The third-order valence-corrected chi connectivity index (χ3v) is 5.27. The average molecular weight is 414 g/mol. The van der Waals surface area contributed by atoms with Gasteiger partial charge in [0, 0.05) is 31.0 Å². The number of likely N-dealkylation sites (tertiary alicyclic amines) is 1. The second kappa shape index (κ2) is 7.93. The van der Waals surface area contributed by atoms with Crippen LogP contribution in [0.15, 0.2) is 54.9 Å². The van der Waals surface area contributed by atoms with E-state index in [9.17, 15) is 18.0 Å². The lowest BCUT2D eigenvalue weighted by Crippen LogP contribution is -2.40. The van der Waals surface area contributed by atoms with Gasteiger partial charge in [-0.15, -0.1) is 0 Å². The third kappa shape index (κ3) is 3.94. The maximum atomic E-state index is 13.7. The van der Waals surface area contributed by atoms with E-state index in [4.69, 9.17) is 0 Å². The first-order valence-corrected chi connectivity index (χ1v) is 9.81. The molecule has 0 N–H and O–H groups in total. The molecule has 0 bridgehead atoms. The van der Waals surface area contributed by atoms with Gasteiger partial charge in [-0.05, 0) is 49.1 Å². The van der Waals surface area contributed by atoms with E-state index < -0.39 is 11.7 Å². The molecule has 30 heavy (non-hydrogen) atoms. The molecule has 1 atom stereocenters. The minimum atomic E-state index is -4.57. The van der Waals surface area contributed by atoms with Gasteiger partial charge < -0.3 is 4.90 Å². The number of amides is 1. The van der Waals surface area contributed by atoms with Crippen molar-refractivity contribution in [2.45, 2.75) is 25.9 Å². The summed E-state index contributed by atoms with van der Waals surface area (Å²) in [6.07, 6.45) is 0.494. The standard InChI is InChI=1S/C22H21F3N4O/c1-15-6-5-11-28(14-15)21(30)20-12-18(16-7-4-10-26-13-16)27-29(20)19-9-3-2-8-17(19)22(23,24)25/h2-4,7-10,12-13,15H,5-6,11,14H2,1H3/t15-/m1/s1. The lowest BCUT2D eigenvalue weighted by atomic mass is 10.00. The normalized spacial score (nSPS) is 17.2. The highest BCUT2D eigenvalue weighted by Crippen LogP contribution is 2.35. The van der Waals surface area contributed by atoms with E-state index >= 15 is 0 Å². The summed E-state index contributed by atoms with van der Waals surface area (Å²) in [6.45, 7) is 3.22. The van der Waals surface area contributed by atoms with Crippen molar-refractivity contribution in [2.75, 3.05) is 13.1 Å². The van der Waals surface area contributed by atoms with Gasteiger partial charge in [0.1, 0.15) is 5.69 Å². The molecule has 0 radical (unpaired) electrons. The number of carbonyl (C=O) groups is 1. The molecule has 1 aromatic carbocycles. The molecule has 1 aliphatic heterocycles. The first-order chi connectivity index (χ1) is 14.3. The number of rotatable bonds is 3. The van der Waals surface area contributed by atoms with Crippen molar-refractivity contribution in [1.29, 1.82) is 0 Å². The Hall–Kier alpha value is -3.16. The molecule has 3 aromatic rings. The predicted octanol–water partition coefficient (Wildman–Crippen LogP) is 4.83. The van der Waals surface area contributed by atoms with E-state index in [0.717, 1.165) is 23.6 Å². The molecule has 0 spiro atoms. The maximum Gasteiger partial charge on any atom is 0.418 e. The highest BCUT2D eigenvalue weighted by Gasteiger charge is 2.35. The second-order valence-corrected chi connectivity index (χ2v) is 7.58. The van der Waals surface area contributed by atoms with Gasteiger partial charge in [-0.2, -0.15) is 18.3 Å². The minimum Gasteiger partial charge on any atom is -0.337 e. The molecule has 0 saturated carbocycles. The number of pyridine rings is 1. The van der Waals surface area contributed by atoms with Crippen LogP contribution in [0, 0.1) is 5.92 Å². The summed E-state index contributed by atoms with van der Waals surface area (Å²) in [5, 5.41) is 4.39. The number of para-hydroxylation sites is 1. The van der Waals surface area contributed by atoms with E-state index in [1.165, 1.54) is 18.2 Å². The quantitative estimate of drug-likeness (QED) is 0.617. The molecule has 1 amide bonds. The Bertz CT molecular complexity index is 1050. The number of piperidine rings is 1. The molecule has 0 unspecified atom stereocenters. The third-order valence-electron chi connectivity index (χ3n) is 5.27. The smallest absolute Gasteiger partial charge is 0.337 e. The van der Waals surface area contributed by atoms with Crippen LogP contribution in [0.3, 0.4) is 0 Å². The summed E-state index contributed by atoms with van der Waals surface area (Å²) < 4.78 is 42.1. The van der Waals surface area contributed by atoms with Gasteiger partial charge >= 0.3 is 6.18 Å². The number of hydrogen-bond acceptors (Lipinski definition) is 3. The number of benzene rings is 1. The molecule has 2 aromatic heterocycles.